The molecule has 2 aromatic carbocycles. The van der Waals surface area contributed by atoms with Gasteiger partial charge >= 0.3 is 5.97 Å². The summed E-state index contributed by atoms with van der Waals surface area (Å²) in [6.07, 6.45) is 0. The maximum Gasteiger partial charge on any atom is 0.330 e. The minimum Gasteiger partial charge on any atom is -0.425 e. The molecule has 0 amide bonds. The van der Waals surface area contributed by atoms with Crippen LogP contribution in [0.25, 0.3) is 11.1 Å². The van der Waals surface area contributed by atoms with E-state index in [2.05, 4.69) is 15.6 Å². The Kier molecular flexibility index (Phi) is 4.99. The number of fused-ring (bicyclic) bond motifs is 1. The fourth-order valence-electron chi connectivity index (χ4n) is 2.29. The molecule has 26 heavy (non-hydrogen) atoms. The van der Waals surface area contributed by atoms with Crippen molar-refractivity contribution in [1.29, 1.82) is 5.41 Å². The van der Waals surface area contributed by atoms with Crippen LogP contribution in [0.15, 0.2) is 46.9 Å². The van der Waals surface area contributed by atoms with E-state index in [4.69, 9.17) is 26.0 Å². The maximum atomic E-state index is 11.7. The normalized spacial score (nSPS) is 10.5. The molecule has 0 unspecified atom stereocenters. The van der Waals surface area contributed by atoms with E-state index in [1.54, 1.807) is 18.2 Å². The first-order chi connectivity index (χ1) is 12.5. The van der Waals surface area contributed by atoms with Crippen molar-refractivity contribution in [2.75, 3.05) is 11.9 Å². The molecule has 3 aromatic rings. The van der Waals surface area contributed by atoms with Gasteiger partial charge in [-0.2, -0.15) is 4.98 Å². The number of nitrogens with zero attached hydrogens (tertiary/aromatic N) is 1. The number of para-hydroxylation sites is 1. The van der Waals surface area contributed by atoms with Crippen molar-refractivity contribution in [3.63, 3.8) is 0 Å². The predicted molar refractivity (Wildman–Crippen MR) is 97.2 cm³/mol. The number of esters is 1. The maximum absolute atomic E-state index is 11.7. The molecule has 7 N–H and O–H groups in total. The minimum absolute atomic E-state index is 0.202. The lowest BCUT2D eigenvalue weighted by molar-refractivity contribution is -0.133. The van der Waals surface area contributed by atoms with Crippen LogP contribution in [0, 0.1) is 5.41 Å². The molecule has 3 rings (SSSR count). The van der Waals surface area contributed by atoms with Crippen LogP contribution >= 0.6 is 0 Å². The van der Waals surface area contributed by atoms with Crippen molar-refractivity contribution in [3.05, 3.63) is 48.0 Å². The Morgan fingerprint density at radius 3 is 2.85 bits per heavy atom. The number of carbonyl (C=O) groups excluding carboxylic acids is 1. The number of rotatable bonds is 6. The van der Waals surface area contributed by atoms with Crippen molar-refractivity contribution in [2.24, 2.45) is 11.5 Å². The molecule has 9 nitrogen and oxygen atoms in total. The Morgan fingerprint density at radius 1 is 1.27 bits per heavy atom. The largest absolute Gasteiger partial charge is 0.425 e. The van der Waals surface area contributed by atoms with Crippen LogP contribution in [0.5, 0.6) is 5.75 Å². The quantitative estimate of drug-likeness (QED) is 0.193. The molecule has 1 heterocycles. The second-order valence-corrected chi connectivity index (χ2v) is 5.38. The number of guanidine groups is 1. The Bertz CT molecular complexity index is 953. The number of hydrogen-bond donors (Lipinski definition) is 5. The summed E-state index contributed by atoms with van der Waals surface area (Å²) >= 11 is 0. The second kappa shape index (κ2) is 7.53. The standard InChI is InChI=1S/C17H18N6O3/c18-8-10-3-1-2-4-12(10)22-17-23-13-6-5-11(7-14(13)26-17)25-15(24)9-21-16(19)20/h1-7H,8-9,18H2,(H,22,23)(H4,19,20,21). The van der Waals surface area contributed by atoms with Crippen LogP contribution in [0.4, 0.5) is 11.7 Å². The lowest BCUT2D eigenvalue weighted by Crippen LogP contribution is -2.36. The SMILES string of the molecule is N=C(N)NCC(=O)Oc1ccc2nc(Nc3ccccc3CN)oc2c1. The molecule has 134 valence electrons. The zero-order valence-electron chi connectivity index (χ0n) is 13.8. The van der Waals surface area contributed by atoms with E-state index in [1.807, 2.05) is 24.3 Å². The molecule has 0 bridgehead atoms. The Balaban J connectivity index is 1.75. The number of nitrogens with two attached hydrogens (primary N) is 2. The molecular formula is C17H18N6O3. The van der Waals surface area contributed by atoms with Crippen LogP contribution in [0.3, 0.4) is 0 Å². The highest BCUT2D eigenvalue weighted by Gasteiger charge is 2.11. The number of nitrogens with one attached hydrogen (secondary N) is 3. The third kappa shape index (κ3) is 4.08. The van der Waals surface area contributed by atoms with Gasteiger partial charge in [-0.25, -0.2) is 4.79 Å². The molecule has 0 aliphatic rings. The number of aromatic nitrogens is 1. The zero-order chi connectivity index (χ0) is 18.5. The molecule has 0 saturated heterocycles. The summed E-state index contributed by atoms with van der Waals surface area (Å²) in [5.41, 5.74) is 13.7. The number of carbonyl (C=O) groups is 1. The summed E-state index contributed by atoms with van der Waals surface area (Å²) in [6.45, 7) is 0.185. The van der Waals surface area contributed by atoms with Gasteiger partial charge in [0.25, 0.3) is 6.01 Å². The number of oxazole rings is 1. The first-order valence-corrected chi connectivity index (χ1v) is 7.79. The molecule has 0 spiro atoms. The van der Waals surface area contributed by atoms with E-state index < -0.39 is 5.97 Å². The van der Waals surface area contributed by atoms with E-state index in [-0.39, 0.29) is 12.5 Å². The highest BCUT2D eigenvalue weighted by atomic mass is 16.5. The number of anilines is 2. The van der Waals surface area contributed by atoms with Crippen LogP contribution in [0.1, 0.15) is 5.56 Å². The highest BCUT2D eigenvalue weighted by Crippen LogP contribution is 2.26. The number of ether oxygens (including phenoxy) is 1. The van der Waals surface area contributed by atoms with E-state index in [0.717, 1.165) is 11.3 Å². The van der Waals surface area contributed by atoms with Gasteiger partial charge in [-0.3, -0.25) is 5.41 Å². The van der Waals surface area contributed by atoms with Gasteiger partial charge in [0.05, 0.1) is 0 Å². The molecule has 0 radical (unpaired) electrons. The van der Waals surface area contributed by atoms with Crippen LogP contribution in [-0.4, -0.2) is 23.5 Å². The summed E-state index contributed by atoms with van der Waals surface area (Å²) in [4.78, 5) is 16.0. The Hall–Kier alpha value is -3.59. The minimum atomic E-state index is -0.575. The molecule has 1 aromatic heterocycles. The lowest BCUT2D eigenvalue weighted by atomic mass is 10.2. The van der Waals surface area contributed by atoms with E-state index in [9.17, 15) is 4.79 Å². The lowest BCUT2D eigenvalue weighted by Gasteiger charge is -2.06. The molecule has 0 fully saturated rings. The summed E-state index contributed by atoms with van der Waals surface area (Å²) in [5.74, 6) is -0.576. The zero-order valence-corrected chi connectivity index (χ0v) is 13.8. The van der Waals surface area contributed by atoms with Crippen molar-refractivity contribution in [3.8, 4) is 5.75 Å². The van der Waals surface area contributed by atoms with Crippen LogP contribution < -0.4 is 26.8 Å². The topological polar surface area (TPSA) is 152 Å². The molecular weight excluding hydrogens is 336 g/mol. The van der Waals surface area contributed by atoms with E-state index in [1.165, 1.54) is 0 Å². The summed E-state index contributed by atoms with van der Waals surface area (Å²) < 4.78 is 10.8. The van der Waals surface area contributed by atoms with Gasteiger partial charge in [0, 0.05) is 18.3 Å². The first kappa shape index (κ1) is 17.2. The van der Waals surface area contributed by atoms with Gasteiger partial charge in [-0.05, 0) is 23.8 Å². The van der Waals surface area contributed by atoms with Crippen molar-refractivity contribution < 1.29 is 13.9 Å². The van der Waals surface area contributed by atoms with Gasteiger partial charge in [-0.1, -0.05) is 18.2 Å². The van der Waals surface area contributed by atoms with Gasteiger partial charge in [0.1, 0.15) is 17.8 Å². The molecule has 9 heteroatoms. The predicted octanol–water partition coefficient (Wildman–Crippen LogP) is 1.42. The average Bonchev–Trinajstić information content (AvgIpc) is 3.02. The summed E-state index contributed by atoms with van der Waals surface area (Å²) in [7, 11) is 0. The van der Waals surface area contributed by atoms with Crippen molar-refractivity contribution >= 4 is 34.7 Å². The molecule has 0 saturated carbocycles. The monoisotopic (exact) mass is 354 g/mol. The Labute approximate surface area is 148 Å². The fourth-order valence-corrected chi connectivity index (χ4v) is 2.29. The third-order valence-corrected chi connectivity index (χ3v) is 3.49. The smallest absolute Gasteiger partial charge is 0.330 e. The summed E-state index contributed by atoms with van der Waals surface area (Å²) in [6, 6.07) is 12.7. The number of hydrogen-bond acceptors (Lipinski definition) is 7. The van der Waals surface area contributed by atoms with Crippen molar-refractivity contribution in [1.82, 2.24) is 10.3 Å². The van der Waals surface area contributed by atoms with Crippen LogP contribution in [-0.2, 0) is 11.3 Å². The van der Waals surface area contributed by atoms with Gasteiger partial charge < -0.3 is 31.3 Å². The van der Waals surface area contributed by atoms with E-state index in [0.29, 0.717) is 29.4 Å². The molecule has 0 atom stereocenters. The Morgan fingerprint density at radius 2 is 2.08 bits per heavy atom. The van der Waals surface area contributed by atoms with Crippen molar-refractivity contribution in [2.45, 2.75) is 6.54 Å². The number of benzene rings is 2. The van der Waals surface area contributed by atoms with Gasteiger partial charge in [0.15, 0.2) is 11.5 Å². The third-order valence-electron chi connectivity index (χ3n) is 3.49. The first-order valence-electron chi connectivity index (χ1n) is 7.79. The summed E-state index contributed by atoms with van der Waals surface area (Å²) in [5, 5.41) is 12.5. The molecule has 0 aliphatic heterocycles. The fraction of sp³-hybridized carbons (Fsp3) is 0.118. The van der Waals surface area contributed by atoms with Crippen LogP contribution in [0.2, 0.25) is 0 Å². The van der Waals surface area contributed by atoms with Gasteiger partial charge in [-0.15, -0.1) is 0 Å². The van der Waals surface area contributed by atoms with Gasteiger partial charge in [0.2, 0.25) is 0 Å². The molecule has 0 aliphatic carbocycles. The second-order valence-electron chi connectivity index (χ2n) is 5.38. The van der Waals surface area contributed by atoms with E-state index >= 15 is 0 Å². The average molecular weight is 354 g/mol. The highest BCUT2D eigenvalue weighted by molar-refractivity contribution is 5.83.